The maximum atomic E-state index is 5.85. The Morgan fingerprint density at radius 2 is 1.85 bits per heavy atom. The summed E-state index contributed by atoms with van der Waals surface area (Å²) in [6.45, 7) is 0. The minimum absolute atomic E-state index is 0.396. The van der Waals surface area contributed by atoms with Crippen LogP contribution in [-0.2, 0) is 6.42 Å². The average Bonchev–Trinajstić information content (AvgIpc) is 2.67. The smallest absolute Gasteiger partial charge is 0.0280 e. The van der Waals surface area contributed by atoms with Crippen LogP contribution in [0.25, 0.3) is 0 Å². The Morgan fingerprint density at radius 1 is 1.25 bits per heavy atom. The van der Waals surface area contributed by atoms with Gasteiger partial charge in [-0.25, -0.2) is 0 Å². The summed E-state index contributed by atoms with van der Waals surface area (Å²) in [5, 5.41) is 0. The number of nitrogens with zero attached hydrogens (tertiary/aromatic N) is 1. The lowest BCUT2D eigenvalue weighted by atomic mass is 9.83. The van der Waals surface area contributed by atoms with E-state index in [0.717, 1.165) is 23.0 Å². The predicted molar refractivity (Wildman–Crippen MR) is 86.3 cm³/mol. The highest BCUT2D eigenvalue weighted by atomic mass is 79.9. The van der Waals surface area contributed by atoms with Crippen LogP contribution < -0.4 is 11.3 Å². The Hall–Kier alpha value is -0.420. The Morgan fingerprint density at radius 3 is 2.40 bits per heavy atom. The molecule has 2 fully saturated rings. The zero-order chi connectivity index (χ0) is 14.1. The van der Waals surface area contributed by atoms with E-state index < -0.39 is 0 Å². The van der Waals surface area contributed by atoms with E-state index in [1.807, 2.05) is 0 Å². The summed E-state index contributed by atoms with van der Waals surface area (Å²) in [5.41, 5.74) is 4.45. The highest BCUT2D eigenvalue weighted by Crippen LogP contribution is 2.39. The van der Waals surface area contributed by atoms with Gasteiger partial charge in [0.1, 0.15) is 0 Å². The number of halogens is 1. The molecule has 0 amide bonds. The first-order valence-corrected chi connectivity index (χ1v) is 8.39. The fraction of sp³-hybridized carbons (Fsp3) is 0.625. The van der Waals surface area contributed by atoms with Crippen LogP contribution in [-0.4, -0.2) is 30.1 Å². The van der Waals surface area contributed by atoms with Gasteiger partial charge in [0.2, 0.25) is 0 Å². The molecule has 2 saturated heterocycles. The standard InChI is InChI=1S/C16H24BrN3/c1-20-14-6-7-15(20)10-12(9-14)16(19-18)8-11-2-4-13(17)5-3-11/h2-5,12,14-16,19H,6-10,18H2,1H3. The van der Waals surface area contributed by atoms with Gasteiger partial charge < -0.3 is 4.90 Å². The van der Waals surface area contributed by atoms with E-state index in [9.17, 15) is 0 Å². The van der Waals surface area contributed by atoms with Gasteiger partial charge >= 0.3 is 0 Å². The van der Waals surface area contributed by atoms with Crippen LogP contribution in [0.3, 0.4) is 0 Å². The molecule has 0 radical (unpaired) electrons. The van der Waals surface area contributed by atoms with Crippen LogP contribution in [0.5, 0.6) is 0 Å². The number of hydrogen-bond donors (Lipinski definition) is 2. The first-order chi connectivity index (χ1) is 9.67. The van der Waals surface area contributed by atoms with Gasteiger partial charge in [0.15, 0.2) is 0 Å². The first-order valence-electron chi connectivity index (χ1n) is 7.60. The Labute approximate surface area is 130 Å². The van der Waals surface area contributed by atoms with Crippen LogP contribution in [0.4, 0.5) is 0 Å². The third kappa shape index (κ3) is 2.93. The molecule has 4 heteroatoms. The second-order valence-corrected chi connectivity index (χ2v) is 7.30. The molecule has 2 heterocycles. The lowest BCUT2D eigenvalue weighted by molar-refractivity contribution is 0.112. The van der Waals surface area contributed by atoms with E-state index in [1.165, 1.54) is 31.2 Å². The van der Waals surface area contributed by atoms with Crippen molar-refractivity contribution in [3.63, 3.8) is 0 Å². The molecule has 1 aromatic carbocycles. The maximum Gasteiger partial charge on any atom is 0.0280 e. The third-order valence-electron chi connectivity index (χ3n) is 5.29. The average molecular weight is 338 g/mol. The van der Waals surface area contributed by atoms with Crippen molar-refractivity contribution in [2.45, 2.75) is 50.2 Å². The number of hydrazine groups is 1. The molecule has 3 atom stereocenters. The summed E-state index contributed by atoms with van der Waals surface area (Å²) in [5.74, 6) is 6.56. The molecular formula is C16H24BrN3. The van der Waals surface area contributed by atoms with E-state index in [4.69, 9.17) is 5.84 Å². The van der Waals surface area contributed by atoms with Gasteiger partial charge in [0.05, 0.1) is 0 Å². The fourth-order valence-electron chi connectivity index (χ4n) is 4.02. The minimum atomic E-state index is 0.396. The van der Waals surface area contributed by atoms with E-state index in [-0.39, 0.29) is 0 Å². The largest absolute Gasteiger partial charge is 0.300 e. The van der Waals surface area contributed by atoms with E-state index in [0.29, 0.717) is 12.0 Å². The second kappa shape index (κ2) is 6.14. The van der Waals surface area contributed by atoms with Crippen molar-refractivity contribution < 1.29 is 0 Å². The van der Waals surface area contributed by atoms with Crippen molar-refractivity contribution in [3.8, 4) is 0 Å². The molecule has 3 rings (SSSR count). The molecule has 0 aromatic heterocycles. The molecule has 2 bridgehead atoms. The Kier molecular flexibility index (Phi) is 4.46. The summed E-state index contributed by atoms with van der Waals surface area (Å²) < 4.78 is 1.14. The van der Waals surface area contributed by atoms with E-state index in [1.54, 1.807) is 0 Å². The number of piperidine rings is 1. The molecule has 3 nitrogen and oxygen atoms in total. The summed E-state index contributed by atoms with van der Waals surface area (Å²) in [4.78, 5) is 2.59. The van der Waals surface area contributed by atoms with Gasteiger partial charge in [-0.15, -0.1) is 0 Å². The van der Waals surface area contributed by atoms with Crippen molar-refractivity contribution in [2.24, 2.45) is 11.8 Å². The van der Waals surface area contributed by atoms with Crippen LogP contribution in [0.2, 0.25) is 0 Å². The number of benzene rings is 1. The Balaban J connectivity index is 1.66. The maximum absolute atomic E-state index is 5.85. The predicted octanol–water partition coefficient (Wildman–Crippen LogP) is 2.70. The number of fused-ring (bicyclic) bond motifs is 2. The fourth-order valence-corrected chi connectivity index (χ4v) is 4.28. The quantitative estimate of drug-likeness (QED) is 0.655. The minimum Gasteiger partial charge on any atom is -0.300 e. The monoisotopic (exact) mass is 337 g/mol. The number of hydrogen-bond acceptors (Lipinski definition) is 3. The lowest BCUT2D eigenvalue weighted by Crippen LogP contribution is -2.49. The van der Waals surface area contributed by atoms with Gasteiger partial charge in [-0.1, -0.05) is 28.1 Å². The summed E-state index contributed by atoms with van der Waals surface area (Å²) in [7, 11) is 2.29. The number of nitrogens with one attached hydrogen (secondary N) is 1. The van der Waals surface area contributed by atoms with Gasteiger partial charge in [-0.05, 0) is 62.8 Å². The van der Waals surface area contributed by atoms with Crippen molar-refractivity contribution in [3.05, 3.63) is 34.3 Å². The SMILES string of the molecule is CN1C2CCC1CC(C(Cc1ccc(Br)cc1)NN)C2. The first kappa shape index (κ1) is 14.5. The molecule has 2 aliphatic rings. The Bertz CT molecular complexity index is 434. The molecular weight excluding hydrogens is 314 g/mol. The van der Waals surface area contributed by atoms with Crippen LogP contribution in [0, 0.1) is 5.92 Å². The van der Waals surface area contributed by atoms with Gasteiger partial charge in [0, 0.05) is 22.6 Å². The van der Waals surface area contributed by atoms with Crippen molar-refractivity contribution in [2.75, 3.05) is 7.05 Å². The second-order valence-electron chi connectivity index (χ2n) is 6.39. The van der Waals surface area contributed by atoms with Gasteiger partial charge in [-0.2, -0.15) is 0 Å². The van der Waals surface area contributed by atoms with Gasteiger partial charge in [-0.3, -0.25) is 11.3 Å². The lowest BCUT2D eigenvalue weighted by Gasteiger charge is -2.39. The zero-order valence-electron chi connectivity index (χ0n) is 12.1. The summed E-state index contributed by atoms with van der Waals surface area (Å²) >= 11 is 3.49. The number of rotatable bonds is 4. The molecule has 2 aliphatic heterocycles. The number of nitrogens with two attached hydrogens (primary N) is 1. The van der Waals surface area contributed by atoms with Crippen LogP contribution in [0.1, 0.15) is 31.2 Å². The summed E-state index contributed by atoms with van der Waals surface area (Å²) in [6.07, 6.45) is 6.34. The zero-order valence-corrected chi connectivity index (χ0v) is 13.6. The highest BCUT2D eigenvalue weighted by Gasteiger charge is 2.40. The normalized spacial score (nSPS) is 31.4. The molecule has 3 N–H and O–H groups in total. The van der Waals surface area contributed by atoms with E-state index in [2.05, 4.69) is 57.6 Å². The molecule has 0 aliphatic carbocycles. The van der Waals surface area contributed by atoms with Crippen LogP contribution >= 0.6 is 15.9 Å². The van der Waals surface area contributed by atoms with Crippen LogP contribution in [0.15, 0.2) is 28.7 Å². The molecule has 3 unspecified atom stereocenters. The van der Waals surface area contributed by atoms with E-state index >= 15 is 0 Å². The molecule has 1 aromatic rings. The molecule has 110 valence electrons. The van der Waals surface area contributed by atoms with Crippen molar-refractivity contribution >= 4 is 15.9 Å². The topological polar surface area (TPSA) is 41.3 Å². The van der Waals surface area contributed by atoms with Crippen molar-refractivity contribution in [1.29, 1.82) is 0 Å². The van der Waals surface area contributed by atoms with Gasteiger partial charge in [0.25, 0.3) is 0 Å². The molecule has 0 saturated carbocycles. The van der Waals surface area contributed by atoms with Crippen molar-refractivity contribution in [1.82, 2.24) is 10.3 Å². The third-order valence-corrected chi connectivity index (χ3v) is 5.82. The highest BCUT2D eigenvalue weighted by molar-refractivity contribution is 9.10. The molecule has 0 spiro atoms. The molecule has 20 heavy (non-hydrogen) atoms. The summed E-state index contributed by atoms with van der Waals surface area (Å²) in [6, 6.07) is 10.6.